The molecule has 2 aromatic rings. The first kappa shape index (κ1) is 16.4. The summed E-state index contributed by atoms with van der Waals surface area (Å²) in [4.78, 5) is 21.7. The molecular weight excluding hydrogens is 320 g/mol. The number of amides is 1. The molecule has 4 heterocycles. The molecule has 2 saturated heterocycles. The summed E-state index contributed by atoms with van der Waals surface area (Å²) >= 11 is 0. The van der Waals surface area contributed by atoms with Gasteiger partial charge >= 0.3 is 0 Å². The molecule has 8 heteroatoms. The van der Waals surface area contributed by atoms with Gasteiger partial charge in [-0.25, -0.2) is 9.67 Å². The van der Waals surface area contributed by atoms with Gasteiger partial charge in [-0.1, -0.05) is 5.21 Å². The van der Waals surface area contributed by atoms with E-state index in [9.17, 15) is 4.79 Å². The highest BCUT2D eigenvalue weighted by Crippen LogP contribution is 2.30. The van der Waals surface area contributed by atoms with Gasteiger partial charge in [0.25, 0.3) is 5.91 Å². The summed E-state index contributed by atoms with van der Waals surface area (Å²) in [5, 5.41) is 8.10. The third-order valence-corrected chi connectivity index (χ3v) is 5.62. The zero-order chi connectivity index (χ0) is 17.4. The van der Waals surface area contributed by atoms with E-state index in [0.29, 0.717) is 16.7 Å². The molecule has 1 amide bonds. The van der Waals surface area contributed by atoms with Crippen molar-refractivity contribution in [1.29, 1.82) is 0 Å². The molecule has 0 radical (unpaired) electrons. The normalized spacial score (nSPS) is 21.6. The first-order chi connectivity index (χ1) is 12.1. The lowest BCUT2D eigenvalue weighted by molar-refractivity contribution is -0.0372. The van der Waals surface area contributed by atoms with Crippen molar-refractivity contribution in [2.45, 2.75) is 25.3 Å². The summed E-state index contributed by atoms with van der Waals surface area (Å²) in [5.41, 5.74) is 1.96. The summed E-state index contributed by atoms with van der Waals surface area (Å²) in [6.07, 6.45) is 3.61. The monoisotopic (exact) mass is 344 g/mol. The van der Waals surface area contributed by atoms with Gasteiger partial charge in [-0.05, 0) is 25.8 Å². The van der Waals surface area contributed by atoms with Crippen molar-refractivity contribution in [3.63, 3.8) is 0 Å². The van der Waals surface area contributed by atoms with Crippen LogP contribution in [0.2, 0.25) is 0 Å². The van der Waals surface area contributed by atoms with E-state index in [2.05, 4.69) is 27.1 Å². The first-order valence-corrected chi connectivity index (χ1v) is 8.85. The number of morpholine rings is 1. The van der Waals surface area contributed by atoms with Gasteiger partial charge in [-0.15, -0.1) is 5.10 Å². The number of pyridine rings is 1. The van der Waals surface area contributed by atoms with Crippen LogP contribution in [0.15, 0.2) is 12.3 Å². The Balaban J connectivity index is 1.49. The zero-order valence-electron chi connectivity index (χ0n) is 14.8. The summed E-state index contributed by atoms with van der Waals surface area (Å²) in [7, 11) is 1.78. The van der Waals surface area contributed by atoms with Crippen LogP contribution in [0.4, 0.5) is 0 Å². The fourth-order valence-electron chi connectivity index (χ4n) is 3.89. The molecule has 2 aliphatic heterocycles. The standard InChI is InChI=1S/C17H24N6O2/c1-17(23-9-11-25-12-10-23)4-7-22(8-5-17)16(24)13-3-6-18-15-14(13)19-20-21(15)2/h3,6H,4-5,7-12H2,1-2H3. The molecule has 0 aromatic carbocycles. The minimum absolute atomic E-state index is 0.0249. The minimum atomic E-state index is 0.0249. The van der Waals surface area contributed by atoms with Crippen LogP contribution in [0.25, 0.3) is 11.2 Å². The predicted octanol–water partition coefficient (Wildman–Crippen LogP) is 0.690. The second-order valence-electron chi connectivity index (χ2n) is 7.13. The van der Waals surface area contributed by atoms with E-state index >= 15 is 0 Å². The van der Waals surface area contributed by atoms with Gasteiger partial charge in [0.15, 0.2) is 5.65 Å². The van der Waals surface area contributed by atoms with E-state index in [0.717, 1.165) is 52.2 Å². The third-order valence-electron chi connectivity index (χ3n) is 5.62. The van der Waals surface area contributed by atoms with E-state index in [1.165, 1.54) is 0 Å². The molecule has 0 spiro atoms. The summed E-state index contributed by atoms with van der Waals surface area (Å²) in [6.45, 7) is 7.41. The smallest absolute Gasteiger partial charge is 0.256 e. The molecule has 8 nitrogen and oxygen atoms in total. The van der Waals surface area contributed by atoms with E-state index in [-0.39, 0.29) is 11.4 Å². The highest BCUT2D eigenvalue weighted by atomic mass is 16.5. The van der Waals surface area contributed by atoms with Crippen LogP contribution in [0.3, 0.4) is 0 Å². The number of aryl methyl sites for hydroxylation is 1. The number of likely N-dealkylation sites (tertiary alicyclic amines) is 1. The van der Waals surface area contributed by atoms with Gasteiger partial charge in [0.1, 0.15) is 5.52 Å². The van der Waals surface area contributed by atoms with Crippen molar-refractivity contribution in [3.8, 4) is 0 Å². The van der Waals surface area contributed by atoms with Crippen molar-refractivity contribution in [1.82, 2.24) is 29.8 Å². The number of nitrogens with zero attached hydrogens (tertiary/aromatic N) is 6. The van der Waals surface area contributed by atoms with E-state index in [4.69, 9.17) is 4.74 Å². The van der Waals surface area contributed by atoms with E-state index in [1.807, 2.05) is 4.90 Å². The molecule has 2 aliphatic rings. The Morgan fingerprint density at radius 2 is 1.92 bits per heavy atom. The molecule has 0 bridgehead atoms. The van der Waals surface area contributed by atoms with Crippen molar-refractivity contribution in [2.24, 2.45) is 7.05 Å². The molecule has 0 aliphatic carbocycles. The first-order valence-electron chi connectivity index (χ1n) is 8.85. The van der Waals surface area contributed by atoms with Gasteiger partial charge in [0, 0.05) is 45.0 Å². The second-order valence-corrected chi connectivity index (χ2v) is 7.13. The Kier molecular flexibility index (Phi) is 4.16. The molecule has 134 valence electrons. The Hall–Kier alpha value is -2.06. The molecule has 2 fully saturated rings. The lowest BCUT2D eigenvalue weighted by Crippen LogP contribution is -2.57. The van der Waals surface area contributed by atoms with Crippen LogP contribution < -0.4 is 0 Å². The molecular formula is C17H24N6O2. The van der Waals surface area contributed by atoms with Gasteiger partial charge in [0.05, 0.1) is 18.8 Å². The zero-order valence-corrected chi connectivity index (χ0v) is 14.8. The van der Waals surface area contributed by atoms with Gasteiger partial charge in [-0.3, -0.25) is 9.69 Å². The third kappa shape index (κ3) is 2.89. The Morgan fingerprint density at radius 1 is 1.20 bits per heavy atom. The lowest BCUT2D eigenvalue weighted by Gasteiger charge is -2.48. The van der Waals surface area contributed by atoms with Gasteiger partial charge < -0.3 is 9.64 Å². The Morgan fingerprint density at radius 3 is 2.64 bits per heavy atom. The Bertz CT molecular complexity index is 775. The minimum Gasteiger partial charge on any atom is -0.379 e. The average Bonchev–Trinajstić information content (AvgIpc) is 3.04. The molecule has 25 heavy (non-hydrogen) atoms. The number of fused-ring (bicyclic) bond motifs is 1. The van der Waals surface area contributed by atoms with Crippen LogP contribution in [0.5, 0.6) is 0 Å². The number of aromatic nitrogens is 4. The van der Waals surface area contributed by atoms with Crippen LogP contribution in [0.1, 0.15) is 30.1 Å². The van der Waals surface area contributed by atoms with Gasteiger partial charge in [-0.2, -0.15) is 0 Å². The van der Waals surface area contributed by atoms with Crippen molar-refractivity contribution >= 4 is 17.1 Å². The number of piperidine rings is 1. The van der Waals surface area contributed by atoms with E-state index in [1.54, 1.807) is 24.0 Å². The largest absolute Gasteiger partial charge is 0.379 e. The number of hydrogen-bond acceptors (Lipinski definition) is 6. The number of hydrogen-bond donors (Lipinski definition) is 0. The fraction of sp³-hybridized carbons (Fsp3) is 0.647. The number of carbonyl (C=O) groups is 1. The number of rotatable bonds is 2. The van der Waals surface area contributed by atoms with Crippen LogP contribution in [-0.2, 0) is 11.8 Å². The molecule has 0 unspecified atom stereocenters. The highest BCUT2D eigenvalue weighted by Gasteiger charge is 2.37. The average molecular weight is 344 g/mol. The van der Waals surface area contributed by atoms with Crippen LogP contribution in [0, 0.1) is 0 Å². The number of ether oxygens (including phenoxy) is 1. The predicted molar refractivity (Wildman–Crippen MR) is 92.2 cm³/mol. The summed E-state index contributed by atoms with van der Waals surface area (Å²) < 4.78 is 7.06. The van der Waals surface area contributed by atoms with Crippen molar-refractivity contribution in [3.05, 3.63) is 17.8 Å². The van der Waals surface area contributed by atoms with Crippen molar-refractivity contribution < 1.29 is 9.53 Å². The fourth-order valence-corrected chi connectivity index (χ4v) is 3.89. The topological polar surface area (TPSA) is 76.4 Å². The lowest BCUT2D eigenvalue weighted by atomic mass is 9.87. The SMILES string of the molecule is Cn1nnc2c(C(=O)N3CCC(C)(N4CCOCC4)CC3)ccnc21. The highest BCUT2D eigenvalue weighted by molar-refractivity contribution is 6.03. The maximum atomic E-state index is 13.0. The number of carbonyl (C=O) groups excluding carboxylic acids is 1. The summed E-state index contributed by atoms with van der Waals surface area (Å²) in [6, 6.07) is 1.75. The van der Waals surface area contributed by atoms with Crippen LogP contribution in [-0.4, -0.2) is 80.6 Å². The molecule has 0 saturated carbocycles. The molecule has 4 rings (SSSR count). The maximum absolute atomic E-state index is 13.0. The summed E-state index contributed by atoms with van der Waals surface area (Å²) in [5.74, 6) is 0.0249. The Labute approximate surface area is 146 Å². The maximum Gasteiger partial charge on any atom is 0.256 e. The molecule has 2 aromatic heterocycles. The molecule has 0 atom stereocenters. The van der Waals surface area contributed by atoms with Crippen molar-refractivity contribution in [2.75, 3.05) is 39.4 Å². The van der Waals surface area contributed by atoms with Crippen LogP contribution >= 0.6 is 0 Å². The quantitative estimate of drug-likeness (QED) is 0.798. The van der Waals surface area contributed by atoms with E-state index < -0.39 is 0 Å². The van der Waals surface area contributed by atoms with Gasteiger partial charge in [0.2, 0.25) is 0 Å². The molecule has 0 N–H and O–H groups in total. The second kappa shape index (κ2) is 6.34.